The van der Waals surface area contributed by atoms with Crippen LogP contribution in [0.25, 0.3) is 0 Å². The fourth-order valence-corrected chi connectivity index (χ4v) is 2.87. The molecule has 0 spiro atoms. The molecule has 3 aromatic rings. The largest absolute Gasteiger partial charge is 0.493 e. The monoisotopic (exact) mass is 481 g/mol. The Balaban J connectivity index is 1.59. The molecule has 1 amide bonds. The van der Waals surface area contributed by atoms with Crippen LogP contribution in [0, 0.1) is 22.9 Å². The van der Waals surface area contributed by atoms with Crippen molar-refractivity contribution >= 4 is 23.8 Å². The molecule has 35 heavy (non-hydrogen) atoms. The predicted molar refractivity (Wildman–Crippen MR) is 123 cm³/mol. The Bertz CT molecular complexity index is 1290. The summed E-state index contributed by atoms with van der Waals surface area (Å²) in [6.45, 7) is 1.22. The molecular formula is C24H20FN3O7. The number of amides is 1. The van der Waals surface area contributed by atoms with Crippen LogP contribution in [0.3, 0.4) is 0 Å². The molecule has 0 heterocycles. The minimum Gasteiger partial charge on any atom is -0.493 e. The molecule has 3 aromatic carbocycles. The topological polar surface area (TPSA) is 129 Å². The van der Waals surface area contributed by atoms with E-state index in [1.807, 2.05) is 0 Å². The number of carbonyl (C=O) groups is 2. The summed E-state index contributed by atoms with van der Waals surface area (Å²) in [5, 5.41) is 14.9. The van der Waals surface area contributed by atoms with Gasteiger partial charge in [-0.25, -0.2) is 14.6 Å². The van der Waals surface area contributed by atoms with Crippen molar-refractivity contribution in [1.82, 2.24) is 5.43 Å². The molecule has 180 valence electrons. The number of nitro benzene ring substituents is 1. The normalized spacial score (nSPS) is 10.6. The summed E-state index contributed by atoms with van der Waals surface area (Å²) in [4.78, 5) is 34.7. The van der Waals surface area contributed by atoms with Crippen LogP contribution in [0.15, 0.2) is 65.8 Å². The highest BCUT2D eigenvalue weighted by Gasteiger charge is 2.16. The van der Waals surface area contributed by atoms with Gasteiger partial charge in [-0.3, -0.25) is 14.9 Å². The van der Waals surface area contributed by atoms with Crippen LogP contribution in [0.1, 0.15) is 21.5 Å². The van der Waals surface area contributed by atoms with Gasteiger partial charge in [0.1, 0.15) is 5.82 Å². The minimum absolute atomic E-state index is 0.0344. The fourth-order valence-electron chi connectivity index (χ4n) is 2.87. The molecule has 0 saturated heterocycles. The highest BCUT2D eigenvalue weighted by atomic mass is 19.1. The number of esters is 1. The maximum atomic E-state index is 13.3. The van der Waals surface area contributed by atoms with Crippen LogP contribution in [0.2, 0.25) is 0 Å². The van der Waals surface area contributed by atoms with Gasteiger partial charge in [0.05, 0.1) is 23.8 Å². The Kier molecular flexibility index (Phi) is 8.06. The number of methoxy groups -OCH3 is 1. The summed E-state index contributed by atoms with van der Waals surface area (Å²) in [5.41, 5.74) is 3.23. The number of ether oxygens (including phenoxy) is 3. The predicted octanol–water partition coefficient (Wildman–Crippen LogP) is 3.80. The zero-order valence-electron chi connectivity index (χ0n) is 18.7. The van der Waals surface area contributed by atoms with Gasteiger partial charge in [0.25, 0.3) is 5.91 Å². The number of hydrazone groups is 1. The standard InChI is InChI=1S/C24H20FN3O7/c1-15-6-8-20(19(10-15)28(31)32)34-14-23(29)27-26-13-16-7-9-21(22(11-16)33-2)35-24(30)17-4-3-5-18(25)12-17/h3-13H,14H2,1-2H3,(H,27,29)/b26-13-. The van der Waals surface area contributed by atoms with E-state index in [2.05, 4.69) is 10.5 Å². The lowest BCUT2D eigenvalue weighted by molar-refractivity contribution is -0.385. The lowest BCUT2D eigenvalue weighted by Gasteiger charge is -2.10. The van der Waals surface area contributed by atoms with Crippen LogP contribution < -0.4 is 19.6 Å². The van der Waals surface area contributed by atoms with Crippen molar-refractivity contribution in [3.63, 3.8) is 0 Å². The first-order valence-corrected chi connectivity index (χ1v) is 10.1. The second-order valence-electron chi connectivity index (χ2n) is 7.12. The van der Waals surface area contributed by atoms with Crippen LogP contribution in [0.4, 0.5) is 10.1 Å². The van der Waals surface area contributed by atoms with Gasteiger partial charge < -0.3 is 14.2 Å². The van der Waals surface area contributed by atoms with Crippen LogP contribution >= 0.6 is 0 Å². The van der Waals surface area contributed by atoms with Gasteiger partial charge in [0, 0.05) is 6.07 Å². The first kappa shape index (κ1) is 24.8. The molecular weight excluding hydrogens is 461 g/mol. The lowest BCUT2D eigenvalue weighted by Crippen LogP contribution is -2.24. The first-order valence-electron chi connectivity index (χ1n) is 10.1. The molecule has 0 atom stereocenters. The molecule has 11 heteroatoms. The Morgan fingerprint density at radius 2 is 1.86 bits per heavy atom. The number of hydrogen-bond donors (Lipinski definition) is 1. The van der Waals surface area contributed by atoms with Gasteiger partial charge in [0.15, 0.2) is 23.9 Å². The Labute approximate surface area is 199 Å². The smallest absolute Gasteiger partial charge is 0.343 e. The molecule has 1 N–H and O–H groups in total. The van der Waals surface area contributed by atoms with E-state index >= 15 is 0 Å². The highest BCUT2D eigenvalue weighted by Crippen LogP contribution is 2.29. The number of nitro groups is 1. The Morgan fingerprint density at radius 1 is 1.09 bits per heavy atom. The molecule has 0 radical (unpaired) electrons. The van der Waals surface area contributed by atoms with E-state index in [1.54, 1.807) is 19.1 Å². The first-order chi connectivity index (χ1) is 16.8. The summed E-state index contributed by atoms with van der Waals surface area (Å²) in [5.74, 6) is -1.68. The van der Waals surface area contributed by atoms with E-state index in [4.69, 9.17) is 14.2 Å². The number of rotatable bonds is 9. The second-order valence-corrected chi connectivity index (χ2v) is 7.12. The molecule has 3 rings (SSSR count). The number of carbonyl (C=O) groups excluding carboxylic acids is 2. The van der Waals surface area contributed by atoms with E-state index in [9.17, 15) is 24.1 Å². The molecule has 10 nitrogen and oxygen atoms in total. The van der Waals surface area contributed by atoms with Gasteiger partial charge in [0.2, 0.25) is 0 Å². The molecule has 0 aliphatic heterocycles. The van der Waals surface area contributed by atoms with E-state index < -0.39 is 29.2 Å². The molecule has 0 aliphatic rings. The molecule has 0 aromatic heterocycles. The Hall–Kier alpha value is -4.80. The highest BCUT2D eigenvalue weighted by molar-refractivity contribution is 5.91. The lowest BCUT2D eigenvalue weighted by atomic mass is 10.2. The van der Waals surface area contributed by atoms with Crippen molar-refractivity contribution in [2.75, 3.05) is 13.7 Å². The fraction of sp³-hybridized carbons (Fsp3) is 0.125. The third kappa shape index (κ3) is 6.84. The number of nitrogens with zero attached hydrogens (tertiary/aromatic N) is 2. The molecule has 0 saturated carbocycles. The summed E-state index contributed by atoms with van der Waals surface area (Å²) >= 11 is 0. The van der Waals surface area contributed by atoms with E-state index in [0.29, 0.717) is 11.1 Å². The third-order valence-corrected chi connectivity index (χ3v) is 4.52. The second kappa shape index (κ2) is 11.4. The Morgan fingerprint density at radius 3 is 2.57 bits per heavy atom. The number of benzene rings is 3. The van der Waals surface area contributed by atoms with Crippen molar-refractivity contribution in [1.29, 1.82) is 0 Å². The average molecular weight is 481 g/mol. The van der Waals surface area contributed by atoms with Gasteiger partial charge in [-0.1, -0.05) is 12.1 Å². The molecule has 0 unspecified atom stereocenters. The number of halogens is 1. The van der Waals surface area contributed by atoms with Gasteiger partial charge in [-0.15, -0.1) is 0 Å². The zero-order chi connectivity index (χ0) is 25.4. The van der Waals surface area contributed by atoms with Crippen molar-refractivity contribution in [2.45, 2.75) is 6.92 Å². The quantitative estimate of drug-likeness (QED) is 0.162. The maximum absolute atomic E-state index is 13.3. The summed E-state index contributed by atoms with van der Waals surface area (Å²) in [6, 6.07) is 14.0. The SMILES string of the molecule is COc1cc(/C=N\NC(=O)COc2ccc(C)cc2[N+](=O)[O-])ccc1OC(=O)c1cccc(F)c1. The van der Waals surface area contributed by atoms with Crippen molar-refractivity contribution in [3.8, 4) is 17.2 Å². The van der Waals surface area contributed by atoms with Crippen LogP contribution in [-0.4, -0.2) is 36.7 Å². The van der Waals surface area contributed by atoms with Crippen molar-refractivity contribution in [3.05, 3.63) is 93.3 Å². The summed E-state index contributed by atoms with van der Waals surface area (Å²) in [7, 11) is 1.37. The maximum Gasteiger partial charge on any atom is 0.343 e. The number of nitrogens with one attached hydrogen (secondary N) is 1. The summed E-state index contributed by atoms with van der Waals surface area (Å²) < 4.78 is 29.1. The van der Waals surface area contributed by atoms with E-state index in [1.165, 1.54) is 55.8 Å². The van der Waals surface area contributed by atoms with Gasteiger partial charge >= 0.3 is 11.7 Å². The van der Waals surface area contributed by atoms with Gasteiger partial charge in [-0.2, -0.15) is 5.10 Å². The average Bonchev–Trinajstić information content (AvgIpc) is 2.83. The minimum atomic E-state index is -0.759. The number of hydrogen-bond acceptors (Lipinski definition) is 8. The van der Waals surface area contributed by atoms with E-state index in [-0.39, 0.29) is 28.5 Å². The molecule has 0 bridgehead atoms. The van der Waals surface area contributed by atoms with Gasteiger partial charge in [-0.05, 0) is 60.5 Å². The third-order valence-electron chi connectivity index (χ3n) is 4.52. The van der Waals surface area contributed by atoms with Crippen molar-refractivity contribution in [2.24, 2.45) is 5.10 Å². The van der Waals surface area contributed by atoms with E-state index in [0.717, 1.165) is 6.07 Å². The van der Waals surface area contributed by atoms with Crippen molar-refractivity contribution < 1.29 is 33.1 Å². The molecule has 0 fully saturated rings. The van der Waals surface area contributed by atoms with Crippen LogP contribution in [-0.2, 0) is 4.79 Å². The zero-order valence-corrected chi connectivity index (χ0v) is 18.7. The summed E-state index contributed by atoms with van der Waals surface area (Å²) in [6.07, 6.45) is 1.31. The molecule has 0 aliphatic carbocycles. The van der Waals surface area contributed by atoms with Crippen LogP contribution in [0.5, 0.6) is 17.2 Å². The number of aryl methyl sites for hydroxylation is 1.